The normalized spacial score (nSPS) is 11.1. The molecule has 1 nitrogen and oxygen atoms in total. The zero-order valence-electron chi connectivity index (χ0n) is 18.5. The third-order valence-corrected chi connectivity index (χ3v) is 5.91. The van der Waals surface area contributed by atoms with Crippen LogP contribution in [-0.2, 0) is 0 Å². The van der Waals surface area contributed by atoms with Gasteiger partial charge < -0.3 is 0 Å². The fourth-order valence-corrected chi connectivity index (χ4v) is 3.84. The Morgan fingerprint density at radius 3 is 1.59 bits per heavy atom. The molecular weight excluding hydrogens is 328 g/mol. The first-order valence-electron chi connectivity index (χ1n) is 11.8. The lowest BCUT2D eigenvalue weighted by Crippen LogP contribution is -2.02. The largest absolute Gasteiger partial charge is 0.294 e. The van der Waals surface area contributed by atoms with Gasteiger partial charge in [-0.15, -0.1) is 0 Å². The number of Topliss-reactive ketones (excluding diaryl/α,β-unsaturated/α-hetero) is 1. The SMILES string of the molecule is CCCCCCCCCCCCCCCCCC(=O)c1cccc(C)c1C. The van der Waals surface area contributed by atoms with Crippen LogP contribution in [0.15, 0.2) is 18.2 Å². The van der Waals surface area contributed by atoms with E-state index in [1.54, 1.807) is 0 Å². The highest BCUT2D eigenvalue weighted by molar-refractivity contribution is 5.97. The van der Waals surface area contributed by atoms with Crippen molar-refractivity contribution < 1.29 is 4.79 Å². The van der Waals surface area contributed by atoms with Gasteiger partial charge in [0, 0.05) is 12.0 Å². The topological polar surface area (TPSA) is 17.1 Å². The van der Waals surface area contributed by atoms with Crippen molar-refractivity contribution >= 4 is 5.78 Å². The first kappa shape index (κ1) is 23.9. The van der Waals surface area contributed by atoms with Crippen LogP contribution in [-0.4, -0.2) is 5.78 Å². The Bertz CT molecular complexity index is 503. The lowest BCUT2D eigenvalue weighted by atomic mass is 9.97. The molecule has 0 aliphatic carbocycles. The average Bonchev–Trinajstić information content (AvgIpc) is 2.67. The summed E-state index contributed by atoms with van der Waals surface area (Å²) in [6, 6.07) is 6.07. The van der Waals surface area contributed by atoms with E-state index in [1.807, 2.05) is 12.1 Å². The number of hydrogen-bond acceptors (Lipinski definition) is 1. The van der Waals surface area contributed by atoms with Crippen molar-refractivity contribution in [2.45, 2.75) is 124 Å². The van der Waals surface area contributed by atoms with Crippen molar-refractivity contribution in [1.29, 1.82) is 0 Å². The van der Waals surface area contributed by atoms with E-state index in [4.69, 9.17) is 0 Å². The molecule has 0 aliphatic rings. The minimum atomic E-state index is 0.325. The molecular formula is C26H44O. The molecule has 0 unspecified atom stereocenters. The standard InChI is InChI=1S/C26H44O/c1-4-5-6-7-8-9-10-11-12-13-14-15-16-17-18-22-26(27)25-21-19-20-23(2)24(25)3/h19-21H,4-18,22H2,1-3H3. The summed E-state index contributed by atoms with van der Waals surface area (Å²) < 4.78 is 0. The molecule has 0 bridgehead atoms. The van der Waals surface area contributed by atoms with Crippen LogP contribution >= 0.6 is 0 Å². The molecule has 1 aromatic rings. The molecule has 0 aromatic heterocycles. The molecule has 0 fully saturated rings. The second kappa shape index (κ2) is 15.9. The third kappa shape index (κ3) is 11.4. The van der Waals surface area contributed by atoms with Crippen molar-refractivity contribution in [1.82, 2.24) is 0 Å². The number of hydrogen-bond donors (Lipinski definition) is 0. The molecule has 1 heteroatoms. The number of unbranched alkanes of at least 4 members (excludes halogenated alkanes) is 14. The van der Waals surface area contributed by atoms with Crippen LogP contribution in [0.3, 0.4) is 0 Å². The molecule has 0 N–H and O–H groups in total. The second-order valence-electron chi connectivity index (χ2n) is 8.37. The molecule has 0 aliphatic heterocycles. The fraction of sp³-hybridized carbons (Fsp3) is 0.731. The molecule has 154 valence electrons. The van der Waals surface area contributed by atoms with E-state index in [9.17, 15) is 4.79 Å². The number of carbonyl (C=O) groups excluding carboxylic acids is 1. The monoisotopic (exact) mass is 372 g/mol. The van der Waals surface area contributed by atoms with Crippen LogP contribution in [0.2, 0.25) is 0 Å². The highest BCUT2D eigenvalue weighted by atomic mass is 16.1. The maximum Gasteiger partial charge on any atom is 0.163 e. The van der Waals surface area contributed by atoms with Crippen molar-refractivity contribution in [2.75, 3.05) is 0 Å². The summed E-state index contributed by atoms with van der Waals surface area (Å²) in [5.74, 6) is 0.325. The quantitative estimate of drug-likeness (QED) is 0.197. The zero-order valence-corrected chi connectivity index (χ0v) is 18.5. The van der Waals surface area contributed by atoms with E-state index in [-0.39, 0.29) is 0 Å². The minimum Gasteiger partial charge on any atom is -0.294 e. The van der Waals surface area contributed by atoms with E-state index in [0.29, 0.717) is 12.2 Å². The number of benzene rings is 1. The first-order valence-corrected chi connectivity index (χ1v) is 11.8. The molecule has 0 atom stereocenters. The molecule has 0 spiro atoms. The van der Waals surface area contributed by atoms with Gasteiger partial charge in [-0.3, -0.25) is 4.79 Å². The fourth-order valence-electron chi connectivity index (χ4n) is 3.84. The van der Waals surface area contributed by atoms with Crippen LogP contribution in [0, 0.1) is 13.8 Å². The van der Waals surface area contributed by atoms with E-state index in [1.165, 1.54) is 95.5 Å². The summed E-state index contributed by atoms with van der Waals surface area (Å²) in [6.45, 7) is 6.43. The Balaban J connectivity index is 1.89. The van der Waals surface area contributed by atoms with E-state index in [2.05, 4.69) is 26.8 Å². The lowest BCUT2D eigenvalue weighted by Gasteiger charge is -2.07. The van der Waals surface area contributed by atoms with Crippen molar-refractivity contribution in [3.8, 4) is 0 Å². The van der Waals surface area contributed by atoms with Crippen LogP contribution < -0.4 is 0 Å². The summed E-state index contributed by atoms with van der Waals surface area (Å²) in [7, 11) is 0. The summed E-state index contributed by atoms with van der Waals surface area (Å²) in [6.07, 6.45) is 21.2. The van der Waals surface area contributed by atoms with Crippen molar-refractivity contribution in [3.63, 3.8) is 0 Å². The van der Waals surface area contributed by atoms with E-state index in [0.717, 1.165) is 17.5 Å². The molecule has 0 amide bonds. The predicted molar refractivity (Wildman–Crippen MR) is 120 cm³/mol. The maximum atomic E-state index is 12.4. The van der Waals surface area contributed by atoms with Crippen LogP contribution in [0.25, 0.3) is 0 Å². The first-order chi connectivity index (χ1) is 13.2. The van der Waals surface area contributed by atoms with Gasteiger partial charge in [-0.1, -0.05) is 115 Å². The Morgan fingerprint density at radius 2 is 1.11 bits per heavy atom. The highest BCUT2D eigenvalue weighted by Gasteiger charge is 2.09. The zero-order chi connectivity index (χ0) is 19.7. The molecule has 0 radical (unpaired) electrons. The molecule has 0 saturated carbocycles. The van der Waals surface area contributed by atoms with E-state index < -0.39 is 0 Å². The predicted octanol–water partition coefficient (Wildman–Crippen LogP) is 8.75. The van der Waals surface area contributed by atoms with Gasteiger partial charge in [0.1, 0.15) is 0 Å². The van der Waals surface area contributed by atoms with Gasteiger partial charge in [-0.05, 0) is 31.4 Å². The van der Waals surface area contributed by atoms with E-state index >= 15 is 0 Å². The summed E-state index contributed by atoms with van der Waals surface area (Å²) in [5.41, 5.74) is 3.31. The van der Waals surface area contributed by atoms with Gasteiger partial charge in [-0.2, -0.15) is 0 Å². The van der Waals surface area contributed by atoms with Gasteiger partial charge in [0.15, 0.2) is 5.78 Å². The van der Waals surface area contributed by atoms with Gasteiger partial charge in [-0.25, -0.2) is 0 Å². The number of aryl methyl sites for hydroxylation is 1. The smallest absolute Gasteiger partial charge is 0.163 e. The average molecular weight is 373 g/mol. The van der Waals surface area contributed by atoms with Crippen molar-refractivity contribution in [2.24, 2.45) is 0 Å². The van der Waals surface area contributed by atoms with Crippen LogP contribution in [0.4, 0.5) is 0 Å². The van der Waals surface area contributed by atoms with Gasteiger partial charge in [0.2, 0.25) is 0 Å². The van der Waals surface area contributed by atoms with Crippen LogP contribution in [0.1, 0.15) is 131 Å². The molecule has 1 rings (SSSR count). The Morgan fingerprint density at radius 1 is 0.667 bits per heavy atom. The summed E-state index contributed by atoms with van der Waals surface area (Å²) >= 11 is 0. The number of ketones is 1. The number of carbonyl (C=O) groups is 1. The Hall–Kier alpha value is -1.11. The number of rotatable bonds is 17. The van der Waals surface area contributed by atoms with Crippen LogP contribution in [0.5, 0.6) is 0 Å². The summed E-state index contributed by atoms with van der Waals surface area (Å²) in [4.78, 5) is 12.4. The van der Waals surface area contributed by atoms with Crippen molar-refractivity contribution in [3.05, 3.63) is 34.9 Å². The minimum absolute atomic E-state index is 0.325. The molecule has 0 saturated heterocycles. The molecule has 1 aromatic carbocycles. The third-order valence-electron chi connectivity index (χ3n) is 5.91. The molecule has 27 heavy (non-hydrogen) atoms. The maximum absolute atomic E-state index is 12.4. The van der Waals surface area contributed by atoms with Gasteiger partial charge >= 0.3 is 0 Å². The van der Waals surface area contributed by atoms with Gasteiger partial charge in [0.25, 0.3) is 0 Å². The molecule has 0 heterocycles. The highest BCUT2D eigenvalue weighted by Crippen LogP contribution is 2.17. The van der Waals surface area contributed by atoms with Gasteiger partial charge in [0.05, 0.1) is 0 Å². The Kier molecular flexibility index (Phi) is 14.1. The Labute approximate surface area is 169 Å². The lowest BCUT2D eigenvalue weighted by molar-refractivity contribution is 0.0978. The summed E-state index contributed by atoms with van der Waals surface area (Å²) in [5, 5.41) is 0. The second-order valence-corrected chi connectivity index (χ2v) is 8.37.